The highest BCUT2D eigenvalue weighted by atomic mass is 32.1. The van der Waals surface area contributed by atoms with Gasteiger partial charge in [-0.05, 0) is 31.4 Å². The molecule has 0 spiro atoms. The maximum atomic E-state index is 12.0. The Morgan fingerprint density at radius 3 is 2.76 bits per heavy atom. The molecule has 0 bridgehead atoms. The van der Waals surface area contributed by atoms with Crippen molar-refractivity contribution in [3.63, 3.8) is 0 Å². The lowest BCUT2D eigenvalue weighted by Crippen LogP contribution is -2.35. The fourth-order valence-electron chi connectivity index (χ4n) is 1.79. The van der Waals surface area contributed by atoms with Gasteiger partial charge in [0.15, 0.2) is 0 Å². The molecule has 1 saturated carbocycles. The first-order valence-electron chi connectivity index (χ1n) is 6.97. The van der Waals surface area contributed by atoms with Gasteiger partial charge in [-0.15, -0.1) is 11.3 Å². The summed E-state index contributed by atoms with van der Waals surface area (Å²) in [7, 11) is 0. The van der Waals surface area contributed by atoms with Gasteiger partial charge >= 0.3 is 0 Å². The van der Waals surface area contributed by atoms with Crippen molar-refractivity contribution in [2.75, 3.05) is 19.6 Å². The molecule has 1 aliphatic carbocycles. The zero-order valence-corrected chi connectivity index (χ0v) is 12.8. The monoisotopic (exact) mass is 305 g/mol. The molecule has 4 N–H and O–H groups in total. The van der Waals surface area contributed by atoms with Crippen molar-refractivity contribution in [2.45, 2.75) is 19.8 Å². The smallest absolute Gasteiger partial charge is 0.261 e. The second-order valence-corrected chi connectivity index (χ2v) is 6.00. The molecule has 5 nitrogen and oxygen atoms in total. The highest BCUT2D eigenvalue weighted by Gasteiger charge is 2.28. The van der Waals surface area contributed by atoms with Crippen LogP contribution in [0.3, 0.4) is 0 Å². The lowest BCUT2D eigenvalue weighted by molar-refractivity contribution is -0.122. The summed E-state index contributed by atoms with van der Waals surface area (Å²) in [4.78, 5) is 24.9. The van der Waals surface area contributed by atoms with Crippen LogP contribution in [0, 0.1) is 24.7 Å². The molecule has 2 amide bonds. The molecule has 0 saturated heterocycles. The zero-order chi connectivity index (χ0) is 15.2. The largest absolute Gasteiger partial charge is 0.354 e. The maximum absolute atomic E-state index is 12.0. The Morgan fingerprint density at radius 1 is 1.38 bits per heavy atom. The Hall–Kier alpha value is -1.84. The van der Waals surface area contributed by atoms with E-state index in [4.69, 9.17) is 5.73 Å². The van der Waals surface area contributed by atoms with Crippen LogP contribution < -0.4 is 16.4 Å². The number of nitrogens with two attached hydrogens (primary N) is 1. The third-order valence-corrected chi connectivity index (χ3v) is 4.25. The van der Waals surface area contributed by atoms with Gasteiger partial charge in [0.05, 0.1) is 16.3 Å². The van der Waals surface area contributed by atoms with E-state index in [2.05, 4.69) is 22.5 Å². The average molecular weight is 305 g/mol. The SMILES string of the molecule is Cc1cc(C(=O)NCCNC(=O)C2CC2)sc1C#CCN. The molecule has 1 aromatic rings. The van der Waals surface area contributed by atoms with Gasteiger partial charge in [0, 0.05) is 19.0 Å². The van der Waals surface area contributed by atoms with Crippen LogP contribution in [0.25, 0.3) is 0 Å². The van der Waals surface area contributed by atoms with Gasteiger partial charge in [0.25, 0.3) is 5.91 Å². The number of nitrogens with one attached hydrogen (secondary N) is 2. The highest BCUT2D eigenvalue weighted by molar-refractivity contribution is 7.14. The van der Waals surface area contributed by atoms with Crippen molar-refractivity contribution in [3.05, 3.63) is 21.4 Å². The van der Waals surface area contributed by atoms with E-state index in [1.807, 2.05) is 13.0 Å². The molecule has 21 heavy (non-hydrogen) atoms. The van der Waals surface area contributed by atoms with E-state index in [-0.39, 0.29) is 17.7 Å². The van der Waals surface area contributed by atoms with E-state index < -0.39 is 0 Å². The Balaban J connectivity index is 1.78. The molecule has 112 valence electrons. The summed E-state index contributed by atoms with van der Waals surface area (Å²) in [6.07, 6.45) is 1.97. The predicted octanol–water partition coefficient (Wildman–Crippen LogP) is 0.623. The number of thiophene rings is 1. The van der Waals surface area contributed by atoms with Crippen molar-refractivity contribution in [2.24, 2.45) is 11.7 Å². The minimum Gasteiger partial charge on any atom is -0.354 e. The molecule has 0 radical (unpaired) electrons. The molecule has 0 atom stereocenters. The first kappa shape index (κ1) is 15.5. The van der Waals surface area contributed by atoms with Crippen LogP contribution in [0.1, 0.15) is 33.0 Å². The summed E-state index contributed by atoms with van der Waals surface area (Å²) in [5.41, 5.74) is 6.32. The second kappa shape index (κ2) is 7.25. The summed E-state index contributed by atoms with van der Waals surface area (Å²) < 4.78 is 0. The van der Waals surface area contributed by atoms with E-state index in [0.29, 0.717) is 24.5 Å². The van der Waals surface area contributed by atoms with Gasteiger partial charge < -0.3 is 16.4 Å². The molecule has 1 fully saturated rings. The summed E-state index contributed by atoms with van der Waals surface area (Å²) in [5.74, 6) is 5.90. The minimum absolute atomic E-state index is 0.0931. The number of aryl methyl sites for hydroxylation is 1. The Morgan fingerprint density at radius 2 is 2.10 bits per heavy atom. The standard InChI is InChI=1S/C15H19N3O2S/c1-10-9-13(21-12(10)3-2-6-16)15(20)18-8-7-17-14(19)11-4-5-11/h9,11H,4-8,16H2,1H3,(H,17,19)(H,18,20). The van der Waals surface area contributed by atoms with Gasteiger partial charge in [-0.1, -0.05) is 11.8 Å². The van der Waals surface area contributed by atoms with Gasteiger partial charge in [-0.2, -0.15) is 0 Å². The first-order valence-corrected chi connectivity index (χ1v) is 7.78. The van der Waals surface area contributed by atoms with Crippen molar-refractivity contribution in [1.29, 1.82) is 0 Å². The van der Waals surface area contributed by atoms with Crippen LogP contribution in [-0.2, 0) is 4.79 Å². The summed E-state index contributed by atoms with van der Waals surface area (Å²) in [6, 6.07) is 1.82. The van der Waals surface area contributed by atoms with Crippen LogP contribution in [0.2, 0.25) is 0 Å². The molecular formula is C15H19N3O2S. The van der Waals surface area contributed by atoms with E-state index >= 15 is 0 Å². The second-order valence-electron chi connectivity index (χ2n) is 4.95. The Labute approximate surface area is 128 Å². The maximum Gasteiger partial charge on any atom is 0.261 e. The fraction of sp³-hybridized carbons (Fsp3) is 0.467. The number of amides is 2. The summed E-state index contributed by atoms with van der Waals surface area (Å²) >= 11 is 1.36. The Bertz CT molecular complexity index is 594. The zero-order valence-electron chi connectivity index (χ0n) is 12.0. The van der Waals surface area contributed by atoms with Crippen molar-refractivity contribution in [1.82, 2.24) is 10.6 Å². The van der Waals surface area contributed by atoms with E-state index in [9.17, 15) is 9.59 Å². The number of hydrogen-bond acceptors (Lipinski definition) is 4. The van der Waals surface area contributed by atoms with Crippen LogP contribution in [-0.4, -0.2) is 31.4 Å². The topological polar surface area (TPSA) is 84.2 Å². The molecule has 6 heteroatoms. The lowest BCUT2D eigenvalue weighted by Gasteiger charge is -2.05. The molecular weight excluding hydrogens is 286 g/mol. The van der Waals surface area contributed by atoms with Crippen LogP contribution >= 0.6 is 11.3 Å². The molecule has 0 aromatic carbocycles. The first-order chi connectivity index (χ1) is 10.1. The molecule has 1 aliphatic rings. The third kappa shape index (κ3) is 4.59. The number of rotatable bonds is 5. The van der Waals surface area contributed by atoms with Crippen LogP contribution in [0.15, 0.2) is 6.07 Å². The van der Waals surface area contributed by atoms with E-state index in [1.165, 1.54) is 11.3 Å². The molecule has 0 unspecified atom stereocenters. The van der Waals surface area contributed by atoms with Gasteiger partial charge in [-0.25, -0.2) is 0 Å². The molecule has 1 heterocycles. The third-order valence-electron chi connectivity index (χ3n) is 3.10. The van der Waals surface area contributed by atoms with Gasteiger partial charge in [0.2, 0.25) is 5.91 Å². The van der Waals surface area contributed by atoms with Gasteiger partial charge in [-0.3, -0.25) is 9.59 Å². The normalized spacial score (nSPS) is 13.2. The summed E-state index contributed by atoms with van der Waals surface area (Å²) in [6.45, 7) is 3.12. The van der Waals surface area contributed by atoms with Crippen LogP contribution in [0.5, 0.6) is 0 Å². The lowest BCUT2D eigenvalue weighted by atomic mass is 10.2. The number of hydrogen-bond donors (Lipinski definition) is 3. The molecule has 1 aromatic heterocycles. The average Bonchev–Trinajstić information content (AvgIpc) is 3.25. The number of carbonyl (C=O) groups excluding carboxylic acids is 2. The highest BCUT2D eigenvalue weighted by Crippen LogP contribution is 2.28. The van der Waals surface area contributed by atoms with Crippen molar-refractivity contribution < 1.29 is 9.59 Å². The fourth-order valence-corrected chi connectivity index (χ4v) is 2.75. The quantitative estimate of drug-likeness (QED) is 0.551. The van der Waals surface area contributed by atoms with E-state index in [0.717, 1.165) is 23.3 Å². The Kier molecular flexibility index (Phi) is 5.37. The summed E-state index contributed by atoms with van der Waals surface area (Å²) in [5, 5.41) is 5.60. The van der Waals surface area contributed by atoms with Crippen molar-refractivity contribution in [3.8, 4) is 11.8 Å². The molecule has 2 rings (SSSR count). The number of carbonyl (C=O) groups is 2. The van der Waals surface area contributed by atoms with Crippen molar-refractivity contribution >= 4 is 23.2 Å². The molecule has 0 aliphatic heterocycles. The van der Waals surface area contributed by atoms with Crippen LogP contribution in [0.4, 0.5) is 0 Å². The van der Waals surface area contributed by atoms with E-state index in [1.54, 1.807) is 0 Å². The minimum atomic E-state index is -0.135. The predicted molar refractivity (Wildman–Crippen MR) is 83.1 cm³/mol. The van der Waals surface area contributed by atoms with Gasteiger partial charge in [0.1, 0.15) is 0 Å².